The molecule has 0 amide bonds. The first-order chi connectivity index (χ1) is 18.4. The average molecular weight is 511 g/mol. The minimum Gasteiger partial charge on any atom is -0.457 e. The van der Waals surface area contributed by atoms with Gasteiger partial charge in [0.25, 0.3) is 5.56 Å². The molecule has 0 spiro atoms. The van der Waals surface area contributed by atoms with Gasteiger partial charge in [0.05, 0.1) is 29.0 Å². The van der Waals surface area contributed by atoms with Crippen LogP contribution in [-0.4, -0.2) is 33.3 Å². The first kappa shape index (κ1) is 22.5. The van der Waals surface area contributed by atoms with E-state index in [4.69, 9.17) is 23.9 Å². The van der Waals surface area contributed by atoms with Gasteiger partial charge in [-0.25, -0.2) is 9.78 Å². The smallest absolute Gasteiger partial charge is 0.355 e. The number of fused-ring (bicyclic) bond motifs is 6. The van der Waals surface area contributed by atoms with Gasteiger partial charge >= 0.3 is 11.9 Å². The molecule has 6 heterocycles. The van der Waals surface area contributed by atoms with Gasteiger partial charge in [-0.1, -0.05) is 6.92 Å². The van der Waals surface area contributed by atoms with Gasteiger partial charge in [0.15, 0.2) is 11.5 Å². The Labute approximate surface area is 215 Å². The summed E-state index contributed by atoms with van der Waals surface area (Å²) in [4.78, 5) is 48.0. The summed E-state index contributed by atoms with van der Waals surface area (Å²) >= 11 is 0. The maximum Gasteiger partial charge on any atom is 0.355 e. The molecule has 7 rings (SSSR count). The molecular formula is C28H21N3O7. The summed E-state index contributed by atoms with van der Waals surface area (Å²) in [5, 5.41) is 0.853. The number of esters is 2. The van der Waals surface area contributed by atoms with Gasteiger partial charge in [-0.2, -0.15) is 0 Å². The van der Waals surface area contributed by atoms with E-state index in [1.807, 2.05) is 24.3 Å². The summed E-state index contributed by atoms with van der Waals surface area (Å²) in [5.74, 6) is -0.115. The van der Waals surface area contributed by atoms with E-state index in [-0.39, 0.29) is 31.9 Å². The average Bonchev–Trinajstić information content (AvgIpc) is 3.52. The first-order valence-corrected chi connectivity index (χ1v) is 12.2. The van der Waals surface area contributed by atoms with Gasteiger partial charge in [-0.15, -0.1) is 0 Å². The van der Waals surface area contributed by atoms with E-state index in [1.165, 1.54) is 6.92 Å². The van der Waals surface area contributed by atoms with Crippen molar-refractivity contribution >= 4 is 22.8 Å². The quantitative estimate of drug-likeness (QED) is 0.336. The number of aromatic nitrogens is 3. The number of benzene rings is 1. The van der Waals surface area contributed by atoms with E-state index >= 15 is 0 Å². The van der Waals surface area contributed by atoms with E-state index < -0.39 is 17.5 Å². The Morgan fingerprint density at radius 2 is 1.84 bits per heavy atom. The van der Waals surface area contributed by atoms with Crippen LogP contribution >= 0.6 is 0 Å². The van der Waals surface area contributed by atoms with Gasteiger partial charge in [0.1, 0.15) is 6.61 Å². The van der Waals surface area contributed by atoms with Crippen LogP contribution in [0.2, 0.25) is 0 Å². The molecule has 0 radical (unpaired) electrons. The van der Waals surface area contributed by atoms with Crippen LogP contribution in [0.5, 0.6) is 11.5 Å². The van der Waals surface area contributed by atoms with Crippen molar-refractivity contribution in [2.75, 3.05) is 6.79 Å². The molecule has 38 heavy (non-hydrogen) atoms. The molecule has 3 aromatic heterocycles. The number of pyridine rings is 3. The SMILES string of the molecule is CC[C@@]1(OC(C)=O)C(=O)OCc2c1cc1n(c2=O)Cc2c-1nc1cc3c(cc1c2-c1ccncc1)OCO3. The van der Waals surface area contributed by atoms with Crippen LogP contribution in [-0.2, 0) is 37.8 Å². The van der Waals surface area contributed by atoms with Crippen LogP contribution in [0.25, 0.3) is 33.4 Å². The lowest BCUT2D eigenvalue weighted by Gasteiger charge is -2.35. The summed E-state index contributed by atoms with van der Waals surface area (Å²) < 4.78 is 23.8. The second-order valence-corrected chi connectivity index (χ2v) is 9.44. The van der Waals surface area contributed by atoms with Crippen LogP contribution < -0.4 is 15.0 Å². The van der Waals surface area contributed by atoms with Crippen molar-refractivity contribution in [3.63, 3.8) is 0 Å². The fraction of sp³-hybridized carbons (Fsp3) is 0.250. The van der Waals surface area contributed by atoms with E-state index in [9.17, 15) is 14.4 Å². The van der Waals surface area contributed by atoms with Crippen LogP contribution in [0.4, 0.5) is 0 Å². The molecule has 4 aromatic rings. The normalized spacial score (nSPS) is 18.5. The molecule has 0 bridgehead atoms. The number of cyclic esters (lactones) is 1. The van der Waals surface area contributed by atoms with Crippen LogP contribution in [0.15, 0.2) is 47.5 Å². The fourth-order valence-corrected chi connectivity index (χ4v) is 5.72. The molecule has 0 N–H and O–H groups in total. The molecular weight excluding hydrogens is 490 g/mol. The Balaban J connectivity index is 1.54. The highest BCUT2D eigenvalue weighted by molar-refractivity contribution is 6.01. The Morgan fingerprint density at radius 3 is 2.58 bits per heavy atom. The Kier molecular flexibility index (Phi) is 4.66. The van der Waals surface area contributed by atoms with Crippen molar-refractivity contribution in [2.24, 2.45) is 0 Å². The molecule has 1 atom stereocenters. The Morgan fingerprint density at radius 1 is 1.08 bits per heavy atom. The molecule has 1 aromatic carbocycles. The van der Waals surface area contributed by atoms with Crippen LogP contribution in [0, 0.1) is 0 Å². The largest absolute Gasteiger partial charge is 0.457 e. The number of hydrogen-bond donors (Lipinski definition) is 0. The van der Waals surface area contributed by atoms with Crippen molar-refractivity contribution < 1.29 is 28.5 Å². The molecule has 0 saturated heterocycles. The number of ether oxygens (including phenoxy) is 4. The highest BCUT2D eigenvalue weighted by Gasteiger charge is 2.50. The number of hydrogen-bond acceptors (Lipinski definition) is 9. The molecule has 3 aliphatic heterocycles. The maximum absolute atomic E-state index is 13.8. The Hall–Kier alpha value is -4.73. The van der Waals surface area contributed by atoms with E-state index in [0.717, 1.165) is 22.1 Å². The highest BCUT2D eigenvalue weighted by Crippen LogP contribution is 2.46. The highest BCUT2D eigenvalue weighted by atomic mass is 16.7. The van der Waals surface area contributed by atoms with Gasteiger partial charge < -0.3 is 23.5 Å². The molecule has 0 unspecified atom stereocenters. The van der Waals surface area contributed by atoms with E-state index in [0.29, 0.717) is 39.5 Å². The third-order valence-electron chi connectivity index (χ3n) is 7.44. The zero-order chi connectivity index (χ0) is 26.2. The molecule has 190 valence electrons. The number of carbonyl (C=O) groups is 2. The second kappa shape index (κ2) is 7.88. The fourth-order valence-electron chi connectivity index (χ4n) is 5.72. The lowest BCUT2D eigenvalue weighted by atomic mass is 9.85. The lowest BCUT2D eigenvalue weighted by Crippen LogP contribution is -2.47. The van der Waals surface area contributed by atoms with Gasteiger partial charge in [-0.3, -0.25) is 14.6 Å². The number of rotatable bonds is 3. The van der Waals surface area contributed by atoms with Crippen molar-refractivity contribution in [1.82, 2.24) is 14.5 Å². The first-order valence-electron chi connectivity index (χ1n) is 12.2. The van der Waals surface area contributed by atoms with Crippen molar-refractivity contribution in [3.05, 3.63) is 69.8 Å². The summed E-state index contributed by atoms with van der Waals surface area (Å²) in [6, 6.07) is 9.30. The number of nitrogens with zero attached hydrogens (tertiary/aromatic N) is 3. The Bertz CT molecular complexity index is 1760. The number of carbonyl (C=O) groups excluding carboxylic acids is 2. The van der Waals surface area contributed by atoms with Gasteiger partial charge in [0.2, 0.25) is 12.4 Å². The van der Waals surface area contributed by atoms with Crippen molar-refractivity contribution in [1.29, 1.82) is 0 Å². The van der Waals surface area contributed by atoms with Gasteiger partial charge in [0, 0.05) is 41.9 Å². The van der Waals surface area contributed by atoms with Gasteiger partial charge in [-0.05, 0) is 41.8 Å². The zero-order valence-electron chi connectivity index (χ0n) is 20.6. The van der Waals surface area contributed by atoms with E-state index in [1.54, 1.807) is 30.0 Å². The summed E-state index contributed by atoms with van der Waals surface area (Å²) in [6.45, 7) is 3.15. The lowest BCUT2D eigenvalue weighted by molar-refractivity contribution is -0.188. The molecule has 10 nitrogen and oxygen atoms in total. The molecule has 0 aliphatic carbocycles. The predicted octanol–water partition coefficient (Wildman–Crippen LogP) is 3.44. The maximum atomic E-state index is 13.8. The predicted molar refractivity (Wildman–Crippen MR) is 133 cm³/mol. The molecule has 10 heteroatoms. The zero-order valence-corrected chi connectivity index (χ0v) is 20.6. The van der Waals surface area contributed by atoms with E-state index in [2.05, 4.69) is 4.98 Å². The van der Waals surface area contributed by atoms with Crippen molar-refractivity contribution in [3.8, 4) is 34.0 Å². The van der Waals surface area contributed by atoms with Crippen molar-refractivity contribution in [2.45, 2.75) is 39.0 Å². The summed E-state index contributed by atoms with van der Waals surface area (Å²) in [7, 11) is 0. The molecule has 0 fully saturated rings. The minimum atomic E-state index is -1.70. The summed E-state index contributed by atoms with van der Waals surface area (Å²) in [6.07, 6.45) is 3.54. The third kappa shape index (κ3) is 2.97. The topological polar surface area (TPSA) is 119 Å². The van der Waals surface area contributed by atoms with Crippen LogP contribution in [0.1, 0.15) is 37.0 Å². The molecule has 3 aliphatic rings. The standard InChI is InChI=1S/C28H21N3O7/c1-3-28(38-14(2)32)19-9-21-25-17(11-31(21)26(33)18(19)12-35-27(28)34)24(15-4-6-29-7-5-15)16-8-22-23(37-13-36-22)10-20(16)30-25/h4-10H,3,11-13H2,1-2H3/t28-/m0/s1. The minimum absolute atomic E-state index is 0.116. The second-order valence-electron chi connectivity index (χ2n) is 9.44. The monoisotopic (exact) mass is 511 g/mol. The van der Waals surface area contributed by atoms with Crippen LogP contribution in [0.3, 0.4) is 0 Å². The summed E-state index contributed by atoms with van der Waals surface area (Å²) in [5.41, 5.74) is 3.10. The third-order valence-corrected chi connectivity index (χ3v) is 7.44. The molecule has 0 saturated carbocycles.